The highest BCUT2D eigenvalue weighted by Gasteiger charge is 2.15. The maximum Gasteiger partial charge on any atom is 0.179 e. The molecular weight excluding hydrogens is 308 g/mol. The standard InChI is InChI=1S/C14H22N2O3S2/c1-2-3-4-8-20-9-10-21(18,19)13-7-5-6-12(11-13)14(15)16-17/h5-7,11,17H,2-4,8-10H2,1H3,(H2,15,16). The number of unbranched alkanes of at least 4 members (excludes halogenated alkanes) is 2. The fourth-order valence-corrected chi connectivity index (χ4v) is 4.54. The summed E-state index contributed by atoms with van der Waals surface area (Å²) in [4.78, 5) is 0.209. The highest BCUT2D eigenvalue weighted by molar-refractivity contribution is 8.00. The van der Waals surface area contributed by atoms with Crippen LogP contribution in [0.15, 0.2) is 34.3 Å². The molecule has 0 atom stereocenters. The number of hydrogen-bond donors (Lipinski definition) is 2. The maximum absolute atomic E-state index is 12.2. The van der Waals surface area contributed by atoms with Crippen LogP contribution in [0, 0.1) is 0 Å². The molecule has 0 aliphatic heterocycles. The van der Waals surface area contributed by atoms with Crippen molar-refractivity contribution in [1.82, 2.24) is 0 Å². The first kappa shape index (κ1) is 17.8. The molecule has 0 heterocycles. The number of oxime groups is 1. The normalized spacial score (nSPS) is 12.5. The first-order valence-electron chi connectivity index (χ1n) is 6.89. The summed E-state index contributed by atoms with van der Waals surface area (Å²) in [5.74, 6) is 1.58. The third kappa shape index (κ3) is 5.97. The molecule has 0 bridgehead atoms. The Hall–Kier alpha value is -1.21. The number of nitrogens with zero attached hydrogens (tertiary/aromatic N) is 1. The van der Waals surface area contributed by atoms with Gasteiger partial charge in [-0.15, -0.1) is 0 Å². The number of amidine groups is 1. The maximum atomic E-state index is 12.2. The van der Waals surface area contributed by atoms with E-state index in [-0.39, 0.29) is 16.5 Å². The zero-order valence-electron chi connectivity index (χ0n) is 12.2. The minimum atomic E-state index is -3.33. The van der Waals surface area contributed by atoms with Gasteiger partial charge in [0.2, 0.25) is 0 Å². The van der Waals surface area contributed by atoms with Gasteiger partial charge in [-0.05, 0) is 24.3 Å². The first-order valence-corrected chi connectivity index (χ1v) is 9.70. The molecule has 0 aromatic heterocycles. The van der Waals surface area contributed by atoms with Crippen LogP contribution in [0.5, 0.6) is 0 Å². The molecule has 0 aliphatic carbocycles. The molecule has 1 aromatic rings. The van der Waals surface area contributed by atoms with Gasteiger partial charge in [0.05, 0.1) is 10.6 Å². The molecule has 0 radical (unpaired) electrons. The van der Waals surface area contributed by atoms with Crippen molar-refractivity contribution in [3.8, 4) is 0 Å². The van der Waals surface area contributed by atoms with Crippen molar-refractivity contribution in [3.05, 3.63) is 29.8 Å². The first-order chi connectivity index (χ1) is 10.0. The second-order valence-electron chi connectivity index (χ2n) is 4.65. The third-order valence-corrected chi connectivity index (χ3v) is 6.03. The predicted molar refractivity (Wildman–Crippen MR) is 87.9 cm³/mol. The lowest BCUT2D eigenvalue weighted by molar-refractivity contribution is 0.318. The Kier molecular flexibility index (Phi) is 7.60. The van der Waals surface area contributed by atoms with Crippen molar-refractivity contribution in [3.63, 3.8) is 0 Å². The third-order valence-electron chi connectivity index (χ3n) is 2.99. The van der Waals surface area contributed by atoms with Crippen LogP contribution in [-0.4, -0.2) is 36.7 Å². The van der Waals surface area contributed by atoms with Gasteiger partial charge in [-0.1, -0.05) is 37.1 Å². The zero-order chi connectivity index (χ0) is 15.7. The van der Waals surface area contributed by atoms with Gasteiger partial charge in [-0.25, -0.2) is 8.42 Å². The van der Waals surface area contributed by atoms with E-state index in [4.69, 9.17) is 10.9 Å². The van der Waals surface area contributed by atoms with E-state index in [1.165, 1.54) is 25.0 Å². The summed E-state index contributed by atoms with van der Waals surface area (Å²) in [7, 11) is -3.33. The summed E-state index contributed by atoms with van der Waals surface area (Å²) in [5, 5.41) is 11.5. The van der Waals surface area contributed by atoms with Gasteiger partial charge in [-0.3, -0.25) is 0 Å². The number of rotatable bonds is 9. The lowest BCUT2D eigenvalue weighted by Gasteiger charge is -2.06. The Bertz CT molecular complexity index is 571. The molecule has 0 amide bonds. The molecule has 0 fully saturated rings. The van der Waals surface area contributed by atoms with Crippen LogP contribution < -0.4 is 5.73 Å². The molecule has 0 unspecified atom stereocenters. The van der Waals surface area contributed by atoms with Gasteiger partial charge >= 0.3 is 0 Å². The van der Waals surface area contributed by atoms with Crippen molar-refractivity contribution >= 4 is 27.4 Å². The number of sulfone groups is 1. The van der Waals surface area contributed by atoms with Crippen LogP contribution in [0.4, 0.5) is 0 Å². The van der Waals surface area contributed by atoms with E-state index in [1.54, 1.807) is 23.9 Å². The lowest BCUT2D eigenvalue weighted by atomic mass is 10.2. The van der Waals surface area contributed by atoms with E-state index >= 15 is 0 Å². The summed E-state index contributed by atoms with van der Waals surface area (Å²) in [6.45, 7) is 2.14. The van der Waals surface area contributed by atoms with Crippen LogP contribution in [-0.2, 0) is 9.84 Å². The summed E-state index contributed by atoms with van der Waals surface area (Å²) >= 11 is 1.66. The average molecular weight is 330 g/mol. The molecular formula is C14H22N2O3S2. The summed E-state index contributed by atoms with van der Waals surface area (Å²) in [6, 6.07) is 6.17. The number of hydrogen-bond acceptors (Lipinski definition) is 5. The van der Waals surface area contributed by atoms with E-state index in [0.29, 0.717) is 11.3 Å². The van der Waals surface area contributed by atoms with E-state index in [9.17, 15) is 8.42 Å². The van der Waals surface area contributed by atoms with Crippen molar-refractivity contribution in [2.24, 2.45) is 10.9 Å². The topological polar surface area (TPSA) is 92.8 Å². The van der Waals surface area contributed by atoms with E-state index < -0.39 is 9.84 Å². The predicted octanol–water partition coefficient (Wildman–Crippen LogP) is 2.48. The largest absolute Gasteiger partial charge is 0.409 e. The van der Waals surface area contributed by atoms with Gasteiger partial charge in [0.1, 0.15) is 0 Å². The molecule has 0 spiro atoms. The summed E-state index contributed by atoms with van der Waals surface area (Å²) in [6.07, 6.45) is 3.47. The summed E-state index contributed by atoms with van der Waals surface area (Å²) < 4.78 is 24.5. The van der Waals surface area contributed by atoms with Crippen LogP contribution in [0.1, 0.15) is 31.7 Å². The van der Waals surface area contributed by atoms with Crippen molar-refractivity contribution in [2.75, 3.05) is 17.3 Å². The molecule has 1 aromatic carbocycles. The van der Waals surface area contributed by atoms with Gasteiger partial charge < -0.3 is 10.9 Å². The average Bonchev–Trinajstić information content (AvgIpc) is 2.50. The molecule has 118 valence electrons. The van der Waals surface area contributed by atoms with Gasteiger partial charge in [0.25, 0.3) is 0 Å². The SMILES string of the molecule is CCCCCSCCS(=O)(=O)c1cccc(/C(N)=N/O)c1. The molecule has 1 rings (SSSR count). The molecule has 5 nitrogen and oxygen atoms in total. The van der Waals surface area contributed by atoms with Gasteiger partial charge in [0, 0.05) is 11.3 Å². The smallest absolute Gasteiger partial charge is 0.179 e. The lowest BCUT2D eigenvalue weighted by Crippen LogP contribution is -2.15. The molecule has 3 N–H and O–H groups in total. The number of nitrogens with two attached hydrogens (primary N) is 1. The van der Waals surface area contributed by atoms with Gasteiger partial charge in [-0.2, -0.15) is 11.8 Å². The quantitative estimate of drug-likeness (QED) is 0.238. The number of thioether (sulfide) groups is 1. The Labute approximate surface area is 130 Å². The second-order valence-corrected chi connectivity index (χ2v) is 7.99. The van der Waals surface area contributed by atoms with E-state index in [0.717, 1.165) is 12.2 Å². The minimum Gasteiger partial charge on any atom is -0.409 e. The Morgan fingerprint density at radius 3 is 2.76 bits per heavy atom. The van der Waals surface area contributed by atoms with Crippen molar-refractivity contribution in [2.45, 2.75) is 31.1 Å². The van der Waals surface area contributed by atoms with Crippen molar-refractivity contribution < 1.29 is 13.6 Å². The second kappa shape index (κ2) is 8.94. The number of benzene rings is 1. The van der Waals surface area contributed by atoms with Crippen molar-refractivity contribution in [1.29, 1.82) is 0 Å². The highest BCUT2D eigenvalue weighted by atomic mass is 32.2. The molecule has 21 heavy (non-hydrogen) atoms. The van der Waals surface area contributed by atoms with Gasteiger partial charge in [0.15, 0.2) is 15.7 Å². The fraction of sp³-hybridized carbons (Fsp3) is 0.500. The minimum absolute atomic E-state index is 0.0963. The Balaban J connectivity index is 2.62. The van der Waals surface area contributed by atoms with Crippen LogP contribution in [0.3, 0.4) is 0 Å². The van der Waals surface area contributed by atoms with Crippen LogP contribution in [0.25, 0.3) is 0 Å². The summed E-state index contributed by atoms with van der Waals surface area (Å²) in [5.41, 5.74) is 5.87. The molecule has 0 saturated carbocycles. The fourth-order valence-electron chi connectivity index (χ4n) is 1.75. The monoisotopic (exact) mass is 330 g/mol. The van der Waals surface area contributed by atoms with Crippen LogP contribution in [0.2, 0.25) is 0 Å². The molecule has 0 aliphatic rings. The Morgan fingerprint density at radius 2 is 2.10 bits per heavy atom. The molecule has 7 heteroatoms. The Morgan fingerprint density at radius 1 is 1.33 bits per heavy atom. The molecule has 0 saturated heterocycles. The zero-order valence-corrected chi connectivity index (χ0v) is 13.8. The van der Waals surface area contributed by atoms with E-state index in [1.807, 2.05) is 0 Å². The van der Waals surface area contributed by atoms with E-state index in [2.05, 4.69) is 12.1 Å². The highest BCUT2D eigenvalue weighted by Crippen LogP contribution is 2.15. The van der Waals surface area contributed by atoms with Crippen LogP contribution >= 0.6 is 11.8 Å².